The monoisotopic (exact) mass is 478 g/mol. The predicted octanol–water partition coefficient (Wildman–Crippen LogP) is 0.417. The number of carboxylic acid groups (broad SMARTS) is 1. The van der Waals surface area contributed by atoms with Crippen molar-refractivity contribution in [3.05, 3.63) is 18.2 Å². The minimum absolute atomic E-state index is 0.0760. The van der Waals surface area contributed by atoms with Crippen LogP contribution < -0.4 is 16.4 Å². The first kappa shape index (κ1) is 27.3. The molecule has 34 heavy (non-hydrogen) atoms. The van der Waals surface area contributed by atoms with Crippen molar-refractivity contribution < 1.29 is 24.3 Å². The summed E-state index contributed by atoms with van der Waals surface area (Å²) in [6.45, 7) is 7.83. The average molecular weight is 479 g/mol. The number of aromatic nitrogens is 2. The number of nitrogens with one attached hydrogen (secondary N) is 3. The zero-order chi connectivity index (χ0) is 25.4. The highest BCUT2D eigenvalue weighted by Gasteiger charge is 2.38. The van der Waals surface area contributed by atoms with Gasteiger partial charge in [-0.15, -0.1) is 0 Å². The quantitative estimate of drug-likeness (QED) is 0.290. The van der Waals surface area contributed by atoms with Crippen LogP contribution in [0.2, 0.25) is 0 Å². The molecule has 0 radical (unpaired) electrons. The Bertz CT molecular complexity index is 843. The van der Waals surface area contributed by atoms with Crippen LogP contribution in [0, 0.1) is 11.8 Å². The number of likely N-dealkylation sites (tertiary alicyclic amines) is 1. The highest BCUT2D eigenvalue weighted by molar-refractivity contribution is 5.94. The Kier molecular flexibility index (Phi) is 10.0. The third-order valence-electron chi connectivity index (χ3n) is 6.27. The Labute approximate surface area is 200 Å². The number of amides is 3. The Morgan fingerprint density at radius 1 is 1.26 bits per heavy atom. The number of aliphatic carboxylic acids is 1. The zero-order valence-corrected chi connectivity index (χ0v) is 20.4. The van der Waals surface area contributed by atoms with Crippen molar-refractivity contribution in [2.75, 3.05) is 6.54 Å². The van der Waals surface area contributed by atoms with Gasteiger partial charge >= 0.3 is 5.97 Å². The Morgan fingerprint density at radius 3 is 2.53 bits per heavy atom. The fraction of sp³-hybridized carbons (Fsp3) is 0.696. The minimum Gasteiger partial charge on any atom is -0.480 e. The lowest BCUT2D eigenvalue weighted by Crippen LogP contribution is -2.57. The number of nitrogens with two attached hydrogens (primary N) is 1. The molecule has 0 spiro atoms. The Morgan fingerprint density at radius 2 is 1.97 bits per heavy atom. The summed E-state index contributed by atoms with van der Waals surface area (Å²) in [5, 5.41) is 14.9. The van der Waals surface area contributed by atoms with E-state index < -0.39 is 42.0 Å². The van der Waals surface area contributed by atoms with Crippen LogP contribution in [0.1, 0.15) is 59.1 Å². The summed E-state index contributed by atoms with van der Waals surface area (Å²) in [5.41, 5.74) is 6.83. The van der Waals surface area contributed by atoms with E-state index in [1.807, 2.05) is 20.8 Å². The molecule has 1 aliphatic rings. The molecule has 0 aliphatic carbocycles. The molecule has 1 aliphatic heterocycles. The van der Waals surface area contributed by atoms with Crippen LogP contribution in [0.5, 0.6) is 0 Å². The molecule has 11 nitrogen and oxygen atoms in total. The summed E-state index contributed by atoms with van der Waals surface area (Å²) in [7, 11) is 0. The van der Waals surface area contributed by atoms with Gasteiger partial charge in [-0.3, -0.25) is 14.4 Å². The molecule has 1 aromatic heterocycles. The number of aromatic amines is 1. The van der Waals surface area contributed by atoms with Crippen molar-refractivity contribution in [3.63, 3.8) is 0 Å². The maximum Gasteiger partial charge on any atom is 0.326 e. The van der Waals surface area contributed by atoms with Crippen molar-refractivity contribution in [2.45, 2.75) is 84.0 Å². The number of hydrogen-bond donors (Lipinski definition) is 5. The molecule has 1 saturated heterocycles. The van der Waals surface area contributed by atoms with E-state index in [9.17, 15) is 24.3 Å². The second-order valence-electron chi connectivity index (χ2n) is 9.48. The molecular formula is C23H38N6O5. The molecule has 0 saturated carbocycles. The van der Waals surface area contributed by atoms with Crippen molar-refractivity contribution in [2.24, 2.45) is 17.6 Å². The molecule has 0 aromatic carbocycles. The smallest absolute Gasteiger partial charge is 0.326 e. The lowest BCUT2D eigenvalue weighted by atomic mass is 9.97. The molecule has 11 heteroatoms. The number of carbonyl (C=O) groups excluding carboxylic acids is 3. The normalized spacial score (nSPS) is 19.4. The van der Waals surface area contributed by atoms with E-state index in [1.165, 1.54) is 11.2 Å². The summed E-state index contributed by atoms with van der Waals surface area (Å²) in [4.78, 5) is 59.0. The van der Waals surface area contributed by atoms with E-state index in [-0.39, 0.29) is 24.2 Å². The van der Waals surface area contributed by atoms with Crippen LogP contribution in [-0.2, 0) is 25.6 Å². The van der Waals surface area contributed by atoms with Crippen LogP contribution in [0.3, 0.4) is 0 Å². The number of rotatable bonds is 12. The molecule has 2 heterocycles. The van der Waals surface area contributed by atoms with Gasteiger partial charge in [0.05, 0.1) is 12.4 Å². The fourth-order valence-electron chi connectivity index (χ4n) is 4.14. The predicted molar refractivity (Wildman–Crippen MR) is 125 cm³/mol. The third kappa shape index (κ3) is 7.28. The Balaban J connectivity index is 2.08. The van der Waals surface area contributed by atoms with E-state index in [0.717, 1.165) is 5.69 Å². The molecule has 5 atom stereocenters. The molecule has 1 aromatic rings. The molecule has 190 valence electrons. The van der Waals surface area contributed by atoms with Gasteiger partial charge in [0.1, 0.15) is 18.1 Å². The largest absolute Gasteiger partial charge is 0.480 e. The van der Waals surface area contributed by atoms with Crippen molar-refractivity contribution >= 4 is 23.7 Å². The van der Waals surface area contributed by atoms with Crippen molar-refractivity contribution in [1.82, 2.24) is 25.5 Å². The maximum atomic E-state index is 13.1. The van der Waals surface area contributed by atoms with Gasteiger partial charge in [0.15, 0.2) is 0 Å². The van der Waals surface area contributed by atoms with Crippen LogP contribution in [0.15, 0.2) is 12.5 Å². The van der Waals surface area contributed by atoms with Gasteiger partial charge in [0.25, 0.3) is 0 Å². The van der Waals surface area contributed by atoms with E-state index >= 15 is 0 Å². The number of carbonyl (C=O) groups is 4. The van der Waals surface area contributed by atoms with E-state index in [4.69, 9.17) is 5.73 Å². The SMILES string of the molecule is CCC(C)C(NC(=O)C(CC(C)C)NC(=O)C1CCCN1C(=O)C(N)Cc1cnc[nH]1)C(=O)O. The summed E-state index contributed by atoms with van der Waals surface area (Å²) in [6.07, 6.45) is 5.41. The van der Waals surface area contributed by atoms with E-state index in [1.54, 1.807) is 13.1 Å². The van der Waals surface area contributed by atoms with Gasteiger partial charge in [-0.1, -0.05) is 34.1 Å². The van der Waals surface area contributed by atoms with Gasteiger partial charge in [0.2, 0.25) is 17.7 Å². The number of nitrogens with zero attached hydrogens (tertiary/aromatic N) is 2. The van der Waals surface area contributed by atoms with Crippen LogP contribution in [-0.4, -0.2) is 74.4 Å². The van der Waals surface area contributed by atoms with Gasteiger partial charge < -0.3 is 31.4 Å². The minimum atomic E-state index is -1.11. The maximum absolute atomic E-state index is 13.1. The molecular weight excluding hydrogens is 440 g/mol. The second kappa shape index (κ2) is 12.5. The number of H-pyrrole nitrogens is 1. The number of carboxylic acids is 1. The van der Waals surface area contributed by atoms with Crippen molar-refractivity contribution in [1.29, 1.82) is 0 Å². The first-order valence-corrected chi connectivity index (χ1v) is 11.9. The standard InChI is InChI=1S/C23H38N6O5/c1-5-14(4)19(23(33)34)28-20(30)17(9-13(2)3)27-21(31)18-7-6-8-29(18)22(32)16(24)10-15-11-25-12-26-15/h11-14,16-19H,5-10,24H2,1-4H3,(H,25,26)(H,27,31)(H,28,30)(H,33,34). The lowest BCUT2D eigenvalue weighted by molar-refractivity contribution is -0.144. The average Bonchev–Trinajstić information content (AvgIpc) is 3.47. The van der Waals surface area contributed by atoms with E-state index in [0.29, 0.717) is 32.2 Å². The fourth-order valence-corrected chi connectivity index (χ4v) is 4.14. The first-order chi connectivity index (χ1) is 16.0. The number of imidazole rings is 1. The highest BCUT2D eigenvalue weighted by atomic mass is 16.4. The topological polar surface area (TPSA) is 171 Å². The van der Waals surface area contributed by atoms with Crippen molar-refractivity contribution in [3.8, 4) is 0 Å². The second-order valence-corrected chi connectivity index (χ2v) is 9.48. The molecule has 3 amide bonds. The number of hydrogen-bond acceptors (Lipinski definition) is 6. The molecule has 2 rings (SSSR count). The van der Waals surface area contributed by atoms with Crippen LogP contribution >= 0.6 is 0 Å². The summed E-state index contributed by atoms with van der Waals surface area (Å²) >= 11 is 0. The Hall–Kier alpha value is -2.95. The van der Waals surface area contributed by atoms with E-state index in [2.05, 4.69) is 20.6 Å². The van der Waals surface area contributed by atoms with Gasteiger partial charge in [-0.05, 0) is 31.1 Å². The van der Waals surface area contributed by atoms with Gasteiger partial charge in [-0.25, -0.2) is 9.78 Å². The summed E-state index contributed by atoms with van der Waals surface area (Å²) in [6, 6.07) is -3.51. The first-order valence-electron chi connectivity index (χ1n) is 11.9. The zero-order valence-electron chi connectivity index (χ0n) is 20.4. The van der Waals surface area contributed by atoms with Crippen LogP contribution in [0.25, 0.3) is 0 Å². The van der Waals surface area contributed by atoms with Gasteiger partial charge in [0, 0.05) is 24.9 Å². The summed E-state index contributed by atoms with van der Waals surface area (Å²) < 4.78 is 0. The third-order valence-corrected chi connectivity index (χ3v) is 6.27. The lowest BCUT2D eigenvalue weighted by Gasteiger charge is -2.29. The highest BCUT2D eigenvalue weighted by Crippen LogP contribution is 2.20. The molecule has 0 bridgehead atoms. The molecule has 6 N–H and O–H groups in total. The molecule has 5 unspecified atom stereocenters. The molecule has 1 fully saturated rings. The summed E-state index contributed by atoms with van der Waals surface area (Å²) in [5.74, 6) is -2.61. The van der Waals surface area contributed by atoms with Crippen LogP contribution in [0.4, 0.5) is 0 Å². The van der Waals surface area contributed by atoms with Gasteiger partial charge in [-0.2, -0.15) is 0 Å².